The lowest BCUT2D eigenvalue weighted by atomic mass is 10.0. The summed E-state index contributed by atoms with van der Waals surface area (Å²) in [5.41, 5.74) is 5.07. The fraction of sp³-hybridized carbons (Fsp3) is 0.889. The van der Waals surface area contributed by atoms with E-state index in [0.717, 1.165) is 13.0 Å². The van der Waals surface area contributed by atoms with E-state index in [9.17, 15) is 4.79 Å². The molecule has 0 aliphatic carbocycles. The van der Waals surface area contributed by atoms with Crippen molar-refractivity contribution in [1.82, 2.24) is 4.90 Å². The first-order valence-corrected chi connectivity index (χ1v) is 4.64. The molecule has 0 saturated carbocycles. The summed E-state index contributed by atoms with van der Waals surface area (Å²) in [7, 11) is 0. The Bertz CT molecular complexity index is 201. The average Bonchev–Trinajstić information content (AvgIpc) is 1.80. The third kappa shape index (κ3) is 3.38. The third-order valence-electron chi connectivity index (χ3n) is 2.04. The molecule has 1 fully saturated rings. The van der Waals surface area contributed by atoms with Gasteiger partial charge in [0, 0.05) is 19.1 Å². The molecule has 1 amide bonds. The second-order valence-electron chi connectivity index (χ2n) is 4.35. The predicted octanol–water partition coefficient (Wildman–Crippen LogP) is 1.07. The Balaban J connectivity index is 0.00000169. The van der Waals surface area contributed by atoms with Gasteiger partial charge in [0.25, 0.3) is 0 Å². The number of nitrogens with zero attached hydrogens (tertiary/aromatic N) is 1. The van der Waals surface area contributed by atoms with Crippen LogP contribution in [0.4, 0.5) is 4.79 Å². The van der Waals surface area contributed by atoms with E-state index in [1.165, 1.54) is 0 Å². The van der Waals surface area contributed by atoms with Crippen LogP contribution in [0.15, 0.2) is 0 Å². The minimum absolute atomic E-state index is 0. The Labute approximate surface area is 92.2 Å². The molecule has 1 rings (SSSR count). The number of rotatable bonds is 1. The van der Waals surface area contributed by atoms with Crippen LogP contribution in [0.5, 0.6) is 0 Å². The number of carbonyl (C=O) groups is 1. The van der Waals surface area contributed by atoms with E-state index in [2.05, 4.69) is 0 Å². The molecule has 1 heterocycles. The molecule has 4 nitrogen and oxygen atoms in total. The van der Waals surface area contributed by atoms with Gasteiger partial charge in [0.2, 0.25) is 0 Å². The molecular weight excluding hydrogens is 200 g/mol. The quantitative estimate of drug-likeness (QED) is 0.719. The highest BCUT2D eigenvalue weighted by atomic mass is 32.1. The summed E-state index contributed by atoms with van der Waals surface area (Å²) in [4.78, 5) is 13.1. The molecule has 1 aliphatic rings. The van der Waals surface area contributed by atoms with Gasteiger partial charge in [-0.15, -0.1) is 0 Å². The maximum Gasteiger partial charge on any atom is 0.410 e. The van der Waals surface area contributed by atoms with Crippen LogP contribution in [0.2, 0.25) is 0 Å². The smallest absolute Gasteiger partial charge is 0.410 e. The van der Waals surface area contributed by atoms with Crippen molar-refractivity contribution in [2.75, 3.05) is 13.1 Å². The number of ether oxygens (including phenoxy) is 1. The molecule has 0 radical (unpaired) electrons. The van der Waals surface area contributed by atoms with Crippen LogP contribution < -0.4 is 5.73 Å². The Kier molecular flexibility index (Phi) is 4.74. The molecule has 0 spiro atoms. The number of carbonyl (C=O) groups excluding carboxylic acids is 1. The second kappa shape index (κ2) is 4.89. The molecule has 1 aliphatic heterocycles. The monoisotopic (exact) mass is 220 g/mol. The van der Waals surface area contributed by atoms with Crippen LogP contribution in [-0.2, 0) is 4.74 Å². The van der Waals surface area contributed by atoms with E-state index in [4.69, 9.17) is 10.5 Å². The van der Waals surface area contributed by atoms with E-state index < -0.39 is 5.60 Å². The van der Waals surface area contributed by atoms with Crippen molar-refractivity contribution in [1.29, 1.82) is 0 Å². The fourth-order valence-corrected chi connectivity index (χ4v) is 1.25. The predicted molar refractivity (Wildman–Crippen MR) is 60.8 cm³/mol. The minimum Gasteiger partial charge on any atom is -0.444 e. The SMILES string of the molecule is CC(C)(C)OC(=O)N1CC[C@H]1CN.S. The lowest BCUT2D eigenvalue weighted by molar-refractivity contribution is -0.00346. The van der Waals surface area contributed by atoms with Crippen molar-refractivity contribution in [3.05, 3.63) is 0 Å². The molecule has 0 aromatic rings. The normalized spacial score (nSPS) is 20.9. The highest BCUT2D eigenvalue weighted by molar-refractivity contribution is 7.59. The van der Waals surface area contributed by atoms with Gasteiger partial charge in [0.1, 0.15) is 5.60 Å². The van der Waals surface area contributed by atoms with Crippen molar-refractivity contribution in [3.63, 3.8) is 0 Å². The third-order valence-corrected chi connectivity index (χ3v) is 2.04. The summed E-state index contributed by atoms with van der Waals surface area (Å²) < 4.78 is 5.21. The Morgan fingerprint density at radius 2 is 2.14 bits per heavy atom. The zero-order valence-corrected chi connectivity index (χ0v) is 10.0. The van der Waals surface area contributed by atoms with Gasteiger partial charge in [-0.1, -0.05) is 0 Å². The number of hydrogen-bond acceptors (Lipinski definition) is 3. The van der Waals surface area contributed by atoms with Gasteiger partial charge in [0.15, 0.2) is 0 Å². The standard InChI is InChI=1S/C9H18N2O2.H2S/c1-9(2,3)13-8(12)11-5-4-7(11)6-10;/h7H,4-6,10H2,1-3H3;1H2/t7-;/m0./s1. The highest BCUT2D eigenvalue weighted by Gasteiger charge is 2.33. The summed E-state index contributed by atoms with van der Waals surface area (Å²) in [6.07, 6.45) is 0.754. The molecule has 0 bridgehead atoms. The van der Waals surface area contributed by atoms with Crippen molar-refractivity contribution in [2.45, 2.75) is 38.8 Å². The molecule has 84 valence electrons. The molecule has 1 atom stereocenters. The zero-order chi connectivity index (χ0) is 10.1. The molecular formula is C9H20N2O2S. The number of nitrogens with two attached hydrogens (primary N) is 1. The summed E-state index contributed by atoms with van der Waals surface area (Å²) >= 11 is 0. The Hall–Kier alpha value is -0.420. The zero-order valence-electron chi connectivity index (χ0n) is 9.04. The van der Waals surface area contributed by atoms with Gasteiger partial charge in [0.05, 0.1) is 0 Å². The average molecular weight is 220 g/mol. The van der Waals surface area contributed by atoms with E-state index in [1.807, 2.05) is 20.8 Å². The van der Waals surface area contributed by atoms with Crippen LogP contribution >= 0.6 is 13.5 Å². The van der Waals surface area contributed by atoms with Crippen molar-refractivity contribution >= 4 is 19.6 Å². The molecule has 0 aromatic heterocycles. The first kappa shape index (κ1) is 13.6. The first-order chi connectivity index (χ1) is 5.94. The second-order valence-corrected chi connectivity index (χ2v) is 4.35. The molecule has 5 heteroatoms. The lowest BCUT2D eigenvalue weighted by Gasteiger charge is -2.40. The van der Waals surface area contributed by atoms with Gasteiger partial charge >= 0.3 is 6.09 Å². The maximum atomic E-state index is 11.5. The molecule has 0 aromatic carbocycles. The van der Waals surface area contributed by atoms with Gasteiger partial charge in [-0.25, -0.2) is 4.79 Å². The van der Waals surface area contributed by atoms with Crippen LogP contribution in [0.25, 0.3) is 0 Å². The molecule has 0 unspecified atom stereocenters. The molecule has 14 heavy (non-hydrogen) atoms. The van der Waals surface area contributed by atoms with Gasteiger partial charge in [-0.3, -0.25) is 0 Å². The van der Waals surface area contributed by atoms with E-state index in [1.54, 1.807) is 4.90 Å². The van der Waals surface area contributed by atoms with E-state index in [0.29, 0.717) is 6.54 Å². The summed E-state index contributed by atoms with van der Waals surface area (Å²) in [6, 6.07) is 0.190. The first-order valence-electron chi connectivity index (χ1n) is 4.64. The van der Waals surface area contributed by atoms with Crippen LogP contribution in [0.1, 0.15) is 27.2 Å². The largest absolute Gasteiger partial charge is 0.444 e. The Morgan fingerprint density at radius 1 is 1.57 bits per heavy atom. The number of amides is 1. The van der Waals surface area contributed by atoms with Crippen molar-refractivity contribution in [3.8, 4) is 0 Å². The Morgan fingerprint density at radius 3 is 2.43 bits per heavy atom. The van der Waals surface area contributed by atoms with E-state index in [-0.39, 0.29) is 25.6 Å². The van der Waals surface area contributed by atoms with Gasteiger partial charge in [-0.2, -0.15) is 13.5 Å². The molecule has 2 N–H and O–H groups in total. The summed E-state index contributed by atoms with van der Waals surface area (Å²) in [5.74, 6) is 0. The number of likely N-dealkylation sites (tertiary alicyclic amines) is 1. The topological polar surface area (TPSA) is 55.6 Å². The van der Waals surface area contributed by atoms with Crippen molar-refractivity contribution < 1.29 is 9.53 Å². The van der Waals surface area contributed by atoms with Crippen LogP contribution in [-0.4, -0.2) is 35.7 Å². The highest BCUT2D eigenvalue weighted by Crippen LogP contribution is 2.19. The fourth-order valence-electron chi connectivity index (χ4n) is 1.25. The number of hydrogen-bond donors (Lipinski definition) is 1. The van der Waals surface area contributed by atoms with E-state index >= 15 is 0 Å². The van der Waals surface area contributed by atoms with Crippen LogP contribution in [0.3, 0.4) is 0 Å². The van der Waals surface area contributed by atoms with Gasteiger partial charge < -0.3 is 15.4 Å². The van der Waals surface area contributed by atoms with Crippen molar-refractivity contribution in [2.24, 2.45) is 5.73 Å². The summed E-state index contributed by atoms with van der Waals surface area (Å²) in [5, 5.41) is 0. The minimum atomic E-state index is -0.411. The van der Waals surface area contributed by atoms with Crippen LogP contribution in [0, 0.1) is 0 Å². The summed E-state index contributed by atoms with van der Waals surface area (Å²) in [6.45, 7) is 6.89. The lowest BCUT2D eigenvalue weighted by Crippen LogP contribution is -2.55. The maximum absolute atomic E-state index is 11.5. The van der Waals surface area contributed by atoms with Gasteiger partial charge in [-0.05, 0) is 27.2 Å². The molecule has 1 saturated heterocycles.